The second-order valence-corrected chi connectivity index (χ2v) is 9.68. The largest absolute Gasteiger partial charge is 0.461 e. The number of hydrogen-bond donors (Lipinski definition) is 1. The highest BCUT2D eigenvalue weighted by molar-refractivity contribution is 5.89. The Bertz CT molecular complexity index is 1350. The van der Waals surface area contributed by atoms with E-state index in [0.717, 1.165) is 47.4 Å². The Morgan fingerprint density at radius 3 is 2.58 bits per heavy atom. The van der Waals surface area contributed by atoms with Gasteiger partial charge in [0, 0.05) is 19.0 Å². The lowest BCUT2D eigenvalue weighted by Crippen LogP contribution is -2.23. The van der Waals surface area contributed by atoms with Gasteiger partial charge in [-0.2, -0.15) is 5.26 Å². The first kappa shape index (κ1) is 25.4. The average Bonchev–Trinajstić information content (AvgIpc) is 3.13. The molecule has 6 nitrogen and oxygen atoms in total. The number of fused-ring (bicyclic) bond motifs is 2. The number of nitriles is 1. The van der Waals surface area contributed by atoms with Crippen LogP contribution in [0.5, 0.6) is 0 Å². The van der Waals surface area contributed by atoms with Gasteiger partial charge >= 0.3 is 5.97 Å². The standard InChI is InChI=1S/C30H33N3O3/c1-5-9-26-32-28(30(3,4)35)27(29(34)36-6-2)33(26)19-20-12-15-24-22(18-20)14-13-21-10-7-8-11-23(21)25(24)16-17-31/h7-8,10-12,15-16,18,35H,5-6,9,13-14,19H2,1-4H3/b25-16-. The first-order valence-electron chi connectivity index (χ1n) is 12.6. The Kier molecular flexibility index (Phi) is 7.42. The molecule has 0 fully saturated rings. The quantitative estimate of drug-likeness (QED) is 0.362. The Morgan fingerprint density at radius 1 is 1.17 bits per heavy atom. The van der Waals surface area contributed by atoms with Crippen LogP contribution in [0.2, 0.25) is 0 Å². The number of allylic oxidation sites excluding steroid dienone is 1. The van der Waals surface area contributed by atoms with Gasteiger partial charge in [-0.3, -0.25) is 0 Å². The fraction of sp³-hybridized carbons (Fsp3) is 0.367. The van der Waals surface area contributed by atoms with Crippen LogP contribution in [0.4, 0.5) is 0 Å². The molecule has 186 valence electrons. The molecule has 1 heterocycles. The number of benzene rings is 2. The van der Waals surface area contributed by atoms with Crippen molar-refractivity contribution < 1.29 is 14.6 Å². The number of imidazole rings is 1. The van der Waals surface area contributed by atoms with E-state index in [4.69, 9.17) is 9.72 Å². The van der Waals surface area contributed by atoms with Crippen LogP contribution in [0.25, 0.3) is 5.57 Å². The Balaban J connectivity index is 1.80. The number of nitrogens with zero attached hydrogens (tertiary/aromatic N) is 3. The third kappa shape index (κ3) is 4.98. The predicted octanol–water partition coefficient (Wildman–Crippen LogP) is 5.34. The molecule has 4 rings (SSSR count). The van der Waals surface area contributed by atoms with Crippen LogP contribution in [0.1, 0.15) is 83.9 Å². The molecular weight excluding hydrogens is 450 g/mol. The van der Waals surface area contributed by atoms with Crippen LogP contribution in [0.3, 0.4) is 0 Å². The van der Waals surface area contributed by atoms with Gasteiger partial charge in [-0.1, -0.05) is 49.4 Å². The van der Waals surface area contributed by atoms with Crippen molar-refractivity contribution in [3.8, 4) is 6.07 Å². The summed E-state index contributed by atoms with van der Waals surface area (Å²) in [7, 11) is 0. The van der Waals surface area contributed by atoms with E-state index in [1.54, 1.807) is 26.8 Å². The number of aromatic nitrogens is 2. The van der Waals surface area contributed by atoms with Crippen molar-refractivity contribution in [1.82, 2.24) is 9.55 Å². The smallest absolute Gasteiger partial charge is 0.357 e. The third-order valence-corrected chi connectivity index (χ3v) is 6.55. The number of carbonyl (C=O) groups is 1. The van der Waals surface area contributed by atoms with Crippen LogP contribution in [0, 0.1) is 11.3 Å². The molecule has 0 saturated carbocycles. The molecule has 0 atom stereocenters. The predicted molar refractivity (Wildman–Crippen MR) is 140 cm³/mol. The molecule has 2 aromatic carbocycles. The van der Waals surface area contributed by atoms with Crippen molar-refractivity contribution in [3.63, 3.8) is 0 Å². The lowest BCUT2D eigenvalue weighted by atomic mass is 9.93. The lowest BCUT2D eigenvalue weighted by molar-refractivity contribution is 0.0469. The van der Waals surface area contributed by atoms with Gasteiger partial charge in [-0.05, 0) is 73.4 Å². The molecule has 0 bridgehead atoms. The second-order valence-electron chi connectivity index (χ2n) is 9.68. The van der Waals surface area contributed by atoms with E-state index in [1.165, 1.54) is 11.1 Å². The number of aryl methyl sites for hydroxylation is 3. The minimum atomic E-state index is -1.29. The molecule has 6 heteroatoms. The van der Waals surface area contributed by atoms with Gasteiger partial charge in [0.05, 0.1) is 12.7 Å². The van der Waals surface area contributed by atoms with Gasteiger partial charge in [0.25, 0.3) is 0 Å². The maximum absolute atomic E-state index is 13.0. The second kappa shape index (κ2) is 10.5. The lowest BCUT2D eigenvalue weighted by Gasteiger charge is -2.18. The average molecular weight is 484 g/mol. The van der Waals surface area contributed by atoms with Gasteiger partial charge in [-0.15, -0.1) is 0 Å². The number of esters is 1. The summed E-state index contributed by atoms with van der Waals surface area (Å²) in [5.74, 6) is 0.277. The van der Waals surface area contributed by atoms with Gasteiger partial charge in [-0.25, -0.2) is 9.78 Å². The van der Waals surface area contributed by atoms with Crippen LogP contribution in [-0.4, -0.2) is 27.2 Å². The number of ether oxygens (including phenoxy) is 1. The SMILES string of the molecule is CCCc1nc(C(C)(C)O)c(C(=O)OCC)n1Cc1ccc2c(c1)CCc1ccccc1/C2=C/C#N. The summed E-state index contributed by atoms with van der Waals surface area (Å²) in [6, 6.07) is 16.8. The first-order valence-corrected chi connectivity index (χ1v) is 12.6. The van der Waals surface area contributed by atoms with Crippen molar-refractivity contribution >= 4 is 11.5 Å². The van der Waals surface area contributed by atoms with E-state index >= 15 is 0 Å². The van der Waals surface area contributed by atoms with Crippen molar-refractivity contribution in [1.29, 1.82) is 5.26 Å². The molecule has 0 aliphatic heterocycles. The molecule has 36 heavy (non-hydrogen) atoms. The van der Waals surface area contributed by atoms with E-state index in [2.05, 4.69) is 37.3 Å². The summed E-state index contributed by atoms with van der Waals surface area (Å²) in [6.45, 7) is 7.79. The fourth-order valence-electron chi connectivity index (χ4n) is 4.95. The van der Waals surface area contributed by atoms with Gasteiger partial charge < -0.3 is 14.4 Å². The van der Waals surface area contributed by atoms with E-state index < -0.39 is 11.6 Å². The van der Waals surface area contributed by atoms with Crippen LogP contribution >= 0.6 is 0 Å². The minimum absolute atomic E-state index is 0.242. The Hall–Kier alpha value is -3.69. The fourth-order valence-corrected chi connectivity index (χ4v) is 4.95. The molecule has 0 unspecified atom stereocenters. The molecule has 1 aliphatic rings. The monoisotopic (exact) mass is 483 g/mol. The Morgan fingerprint density at radius 2 is 1.89 bits per heavy atom. The summed E-state index contributed by atoms with van der Waals surface area (Å²) in [4.78, 5) is 17.7. The molecule has 0 spiro atoms. The summed E-state index contributed by atoms with van der Waals surface area (Å²) < 4.78 is 7.27. The van der Waals surface area contributed by atoms with Crippen molar-refractivity contribution in [2.45, 2.75) is 65.5 Å². The summed E-state index contributed by atoms with van der Waals surface area (Å²) in [5.41, 5.74) is 5.90. The van der Waals surface area contributed by atoms with Gasteiger partial charge in [0.15, 0.2) is 5.69 Å². The molecule has 1 N–H and O–H groups in total. The molecule has 3 aromatic rings. The molecule has 1 aromatic heterocycles. The van der Waals surface area contributed by atoms with Crippen LogP contribution < -0.4 is 0 Å². The van der Waals surface area contributed by atoms with Crippen molar-refractivity contribution in [2.75, 3.05) is 6.61 Å². The van der Waals surface area contributed by atoms with Crippen LogP contribution in [-0.2, 0) is 36.1 Å². The van der Waals surface area contributed by atoms with Gasteiger partial charge in [0.1, 0.15) is 17.1 Å². The maximum Gasteiger partial charge on any atom is 0.357 e. The Labute approximate surface area is 212 Å². The molecule has 0 saturated heterocycles. The number of rotatable bonds is 7. The maximum atomic E-state index is 13.0. The number of carbonyl (C=O) groups excluding carboxylic acids is 1. The molecule has 0 amide bonds. The third-order valence-electron chi connectivity index (χ3n) is 6.55. The van der Waals surface area contributed by atoms with E-state index in [9.17, 15) is 15.2 Å². The van der Waals surface area contributed by atoms with E-state index in [-0.39, 0.29) is 6.61 Å². The summed E-state index contributed by atoms with van der Waals surface area (Å²) >= 11 is 0. The van der Waals surface area contributed by atoms with E-state index in [1.807, 2.05) is 22.8 Å². The highest BCUT2D eigenvalue weighted by Crippen LogP contribution is 2.34. The zero-order chi connectivity index (χ0) is 25.9. The zero-order valence-electron chi connectivity index (χ0n) is 21.5. The highest BCUT2D eigenvalue weighted by atomic mass is 16.5. The number of hydrogen-bond acceptors (Lipinski definition) is 5. The number of aliphatic hydroxyl groups is 1. The van der Waals surface area contributed by atoms with Crippen LogP contribution in [0.15, 0.2) is 48.5 Å². The topological polar surface area (TPSA) is 88.1 Å². The summed E-state index contributed by atoms with van der Waals surface area (Å²) in [5, 5.41) is 20.3. The van der Waals surface area contributed by atoms with E-state index in [0.29, 0.717) is 24.4 Å². The van der Waals surface area contributed by atoms with Crippen molar-refractivity contribution in [3.05, 3.63) is 93.6 Å². The minimum Gasteiger partial charge on any atom is -0.461 e. The summed E-state index contributed by atoms with van der Waals surface area (Å²) in [6.07, 6.45) is 4.91. The van der Waals surface area contributed by atoms with Crippen molar-refractivity contribution in [2.24, 2.45) is 0 Å². The molecule has 0 radical (unpaired) electrons. The normalized spacial score (nSPS) is 14.1. The molecule has 1 aliphatic carbocycles. The zero-order valence-corrected chi connectivity index (χ0v) is 21.5. The van der Waals surface area contributed by atoms with Gasteiger partial charge in [0.2, 0.25) is 0 Å². The first-order chi connectivity index (χ1) is 17.3. The highest BCUT2D eigenvalue weighted by Gasteiger charge is 2.32. The molecular formula is C30H33N3O3.